The van der Waals surface area contributed by atoms with Crippen LogP contribution in [0.5, 0.6) is 5.75 Å². The summed E-state index contributed by atoms with van der Waals surface area (Å²) < 4.78 is 11.2. The molecule has 20 heavy (non-hydrogen) atoms. The van der Waals surface area contributed by atoms with Crippen LogP contribution in [0.3, 0.4) is 0 Å². The Balaban J connectivity index is 2.24. The molecule has 0 bridgehead atoms. The Bertz CT molecular complexity index is 638. The van der Waals surface area contributed by atoms with E-state index in [0.29, 0.717) is 10.6 Å². The molecule has 0 aliphatic rings. The van der Waals surface area contributed by atoms with Crippen LogP contribution in [0.2, 0.25) is 0 Å². The molecule has 2 aromatic rings. The van der Waals surface area contributed by atoms with Crippen molar-refractivity contribution in [3.8, 4) is 5.75 Å². The van der Waals surface area contributed by atoms with Crippen LogP contribution >= 0.6 is 11.3 Å². The Kier molecular flexibility index (Phi) is 4.54. The van der Waals surface area contributed by atoms with Crippen LogP contribution in [0.1, 0.15) is 16.6 Å². The fourth-order valence-electron chi connectivity index (χ4n) is 1.60. The lowest BCUT2D eigenvalue weighted by atomic mass is 10.2. The van der Waals surface area contributed by atoms with E-state index in [4.69, 9.17) is 9.47 Å². The molecule has 0 spiro atoms. The number of benzene rings is 1. The van der Waals surface area contributed by atoms with Gasteiger partial charge in [0, 0.05) is 24.1 Å². The lowest BCUT2D eigenvalue weighted by Crippen LogP contribution is -2.39. The van der Waals surface area contributed by atoms with E-state index < -0.39 is 0 Å². The molecule has 0 aliphatic carbocycles. The summed E-state index contributed by atoms with van der Waals surface area (Å²) in [6.45, 7) is 1.46. The lowest BCUT2D eigenvalue weighted by molar-refractivity contribution is -0.119. The second-order valence-corrected chi connectivity index (χ2v) is 5.05. The molecule has 2 N–H and O–H groups in total. The van der Waals surface area contributed by atoms with Crippen molar-refractivity contribution in [2.45, 2.75) is 6.92 Å². The van der Waals surface area contributed by atoms with Gasteiger partial charge in [-0.15, -0.1) is 11.3 Å². The minimum absolute atomic E-state index is 0.141. The molecule has 0 aliphatic heterocycles. The van der Waals surface area contributed by atoms with E-state index >= 15 is 0 Å². The van der Waals surface area contributed by atoms with Gasteiger partial charge >= 0.3 is 0 Å². The first-order valence-corrected chi connectivity index (χ1v) is 6.64. The minimum Gasteiger partial charge on any atom is -0.467 e. The van der Waals surface area contributed by atoms with E-state index in [1.165, 1.54) is 18.3 Å². The second kappa shape index (κ2) is 6.36. The Labute approximate surface area is 119 Å². The predicted molar refractivity (Wildman–Crippen MR) is 75.6 cm³/mol. The first-order chi connectivity index (χ1) is 9.61. The fraction of sp³-hybridized carbons (Fsp3) is 0.231. The molecule has 1 heterocycles. The Morgan fingerprint density at radius 2 is 2.10 bits per heavy atom. The van der Waals surface area contributed by atoms with E-state index in [9.17, 15) is 9.59 Å². The van der Waals surface area contributed by atoms with Crippen molar-refractivity contribution in [2.24, 2.45) is 0 Å². The molecule has 0 saturated carbocycles. The van der Waals surface area contributed by atoms with Crippen LogP contribution < -0.4 is 15.6 Å². The van der Waals surface area contributed by atoms with Crippen molar-refractivity contribution in [1.29, 1.82) is 0 Å². The molecule has 1 aromatic heterocycles. The lowest BCUT2D eigenvalue weighted by Gasteiger charge is -2.05. The first kappa shape index (κ1) is 14.3. The number of hydrazine groups is 1. The SMILES string of the molecule is COCOc1cccc2sc(C(=O)NNC(C)=O)cc12. The largest absolute Gasteiger partial charge is 0.467 e. The van der Waals surface area contributed by atoms with Gasteiger partial charge < -0.3 is 9.47 Å². The van der Waals surface area contributed by atoms with Gasteiger partial charge in [0.2, 0.25) is 5.91 Å². The zero-order chi connectivity index (χ0) is 14.5. The van der Waals surface area contributed by atoms with Crippen LogP contribution in [-0.2, 0) is 9.53 Å². The van der Waals surface area contributed by atoms with Gasteiger partial charge in [-0.05, 0) is 18.2 Å². The number of methoxy groups -OCH3 is 1. The summed E-state index contributed by atoms with van der Waals surface area (Å²) in [5, 5.41) is 0.836. The molecule has 2 rings (SSSR count). The van der Waals surface area contributed by atoms with E-state index in [0.717, 1.165) is 10.1 Å². The highest BCUT2D eigenvalue weighted by atomic mass is 32.1. The van der Waals surface area contributed by atoms with E-state index in [2.05, 4.69) is 10.9 Å². The predicted octanol–water partition coefficient (Wildman–Crippen LogP) is 1.66. The number of hydrogen-bond acceptors (Lipinski definition) is 5. The average molecular weight is 294 g/mol. The van der Waals surface area contributed by atoms with Crippen molar-refractivity contribution < 1.29 is 19.1 Å². The molecule has 0 saturated heterocycles. The summed E-state index contributed by atoms with van der Waals surface area (Å²) in [6, 6.07) is 7.28. The molecule has 0 radical (unpaired) electrons. The van der Waals surface area contributed by atoms with Crippen molar-refractivity contribution >= 4 is 33.2 Å². The number of fused-ring (bicyclic) bond motifs is 1. The molecule has 0 atom stereocenters. The maximum Gasteiger partial charge on any atom is 0.279 e. The van der Waals surface area contributed by atoms with Gasteiger partial charge in [0.1, 0.15) is 5.75 Å². The summed E-state index contributed by atoms with van der Waals surface area (Å²) in [4.78, 5) is 23.1. The molecular formula is C13H14N2O4S. The zero-order valence-electron chi connectivity index (χ0n) is 11.1. The van der Waals surface area contributed by atoms with Crippen molar-refractivity contribution in [1.82, 2.24) is 10.9 Å². The molecule has 1 aromatic carbocycles. The second-order valence-electron chi connectivity index (χ2n) is 3.96. The minimum atomic E-state index is -0.362. The number of amides is 2. The number of carbonyl (C=O) groups excluding carboxylic acids is 2. The monoisotopic (exact) mass is 294 g/mol. The van der Waals surface area contributed by atoms with Gasteiger partial charge in [0.15, 0.2) is 6.79 Å². The molecule has 7 heteroatoms. The number of hydrogen-bond donors (Lipinski definition) is 2. The van der Waals surface area contributed by atoms with Gasteiger partial charge in [-0.1, -0.05) is 6.07 Å². The first-order valence-electron chi connectivity index (χ1n) is 5.83. The Hall–Kier alpha value is -2.12. The van der Waals surface area contributed by atoms with Crippen LogP contribution in [-0.4, -0.2) is 25.7 Å². The molecule has 2 amide bonds. The number of rotatable bonds is 4. The van der Waals surface area contributed by atoms with E-state index in [1.54, 1.807) is 13.2 Å². The van der Waals surface area contributed by atoms with Crippen LogP contribution in [0.25, 0.3) is 10.1 Å². The quantitative estimate of drug-likeness (QED) is 0.664. The third-order valence-electron chi connectivity index (χ3n) is 2.43. The van der Waals surface area contributed by atoms with Crippen LogP contribution in [0.4, 0.5) is 0 Å². The highest BCUT2D eigenvalue weighted by Gasteiger charge is 2.13. The third-order valence-corrected chi connectivity index (χ3v) is 3.53. The summed E-state index contributed by atoms with van der Waals surface area (Å²) in [6.07, 6.45) is 0. The number of thiophene rings is 1. The number of nitrogens with one attached hydrogen (secondary N) is 2. The van der Waals surface area contributed by atoms with Crippen molar-refractivity contribution in [2.75, 3.05) is 13.9 Å². The fourth-order valence-corrected chi connectivity index (χ4v) is 2.57. The third kappa shape index (κ3) is 3.25. The van der Waals surface area contributed by atoms with Crippen molar-refractivity contribution in [3.05, 3.63) is 29.1 Å². The summed E-state index contributed by atoms with van der Waals surface area (Å²) >= 11 is 1.32. The standard InChI is InChI=1S/C13H14N2O4S/c1-8(16)14-15-13(17)12-6-9-10(19-7-18-2)4-3-5-11(9)20-12/h3-6H,7H2,1-2H3,(H,14,16)(H,15,17). The topological polar surface area (TPSA) is 76.7 Å². The highest BCUT2D eigenvalue weighted by molar-refractivity contribution is 7.20. The average Bonchev–Trinajstić information content (AvgIpc) is 2.87. The maximum atomic E-state index is 11.9. The zero-order valence-corrected chi connectivity index (χ0v) is 11.9. The maximum absolute atomic E-state index is 11.9. The molecule has 0 unspecified atom stereocenters. The number of carbonyl (C=O) groups is 2. The summed E-state index contributed by atoms with van der Waals surface area (Å²) in [7, 11) is 1.54. The Morgan fingerprint density at radius 3 is 2.80 bits per heavy atom. The van der Waals surface area contributed by atoms with Gasteiger partial charge in [0.25, 0.3) is 5.91 Å². The summed E-state index contributed by atoms with van der Waals surface area (Å²) in [5.41, 5.74) is 4.58. The highest BCUT2D eigenvalue weighted by Crippen LogP contribution is 2.32. The molecule has 0 fully saturated rings. The van der Waals surface area contributed by atoms with Crippen molar-refractivity contribution in [3.63, 3.8) is 0 Å². The van der Waals surface area contributed by atoms with Gasteiger partial charge in [-0.25, -0.2) is 0 Å². The summed E-state index contributed by atoms with van der Waals surface area (Å²) in [5.74, 6) is -0.0400. The van der Waals surface area contributed by atoms with E-state index in [-0.39, 0.29) is 18.6 Å². The smallest absolute Gasteiger partial charge is 0.279 e. The van der Waals surface area contributed by atoms with Crippen LogP contribution in [0, 0.1) is 0 Å². The Morgan fingerprint density at radius 1 is 1.30 bits per heavy atom. The molecular weight excluding hydrogens is 280 g/mol. The van der Waals surface area contributed by atoms with Gasteiger partial charge in [0.05, 0.1) is 4.88 Å². The van der Waals surface area contributed by atoms with Gasteiger partial charge in [-0.3, -0.25) is 20.4 Å². The molecule has 6 nitrogen and oxygen atoms in total. The number of ether oxygens (including phenoxy) is 2. The van der Waals surface area contributed by atoms with Crippen LogP contribution in [0.15, 0.2) is 24.3 Å². The normalized spacial score (nSPS) is 10.3. The van der Waals surface area contributed by atoms with E-state index in [1.807, 2.05) is 18.2 Å². The van der Waals surface area contributed by atoms with Gasteiger partial charge in [-0.2, -0.15) is 0 Å². The molecule has 106 valence electrons.